The molecule has 0 amide bonds. The molecule has 3 aromatic rings. The van der Waals surface area contributed by atoms with E-state index in [1.54, 1.807) is 42.6 Å². The summed E-state index contributed by atoms with van der Waals surface area (Å²) in [5.41, 5.74) is 3.78. The number of nitrogens with one attached hydrogen (secondary N) is 1. The van der Waals surface area contributed by atoms with Crippen molar-refractivity contribution < 1.29 is 18.8 Å². The van der Waals surface area contributed by atoms with Crippen molar-refractivity contribution in [3.8, 4) is 11.5 Å². The molecule has 9 heteroatoms. The average Bonchev–Trinajstić information content (AvgIpc) is 2.75. The third-order valence-corrected chi connectivity index (χ3v) is 3.96. The highest BCUT2D eigenvalue weighted by molar-refractivity contribution is 5.81. The average molecular weight is 410 g/mol. The van der Waals surface area contributed by atoms with E-state index in [9.17, 15) is 14.5 Å². The molecule has 0 aliphatic heterocycles. The lowest BCUT2D eigenvalue weighted by atomic mass is 10.2. The van der Waals surface area contributed by atoms with Crippen molar-refractivity contribution in [1.29, 1.82) is 0 Å². The van der Waals surface area contributed by atoms with Crippen LogP contribution in [0.2, 0.25) is 0 Å². The normalized spacial score (nSPS) is 10.7. The lowest BCUT2D eigenvalue weighted by Crippen LogP contribution is -2.02. The number of ether oxygens (including phenoxy) is 2. The fourth-order valence-corrected chi connectivity index (χ4v) is 2.50. The maximum atomic E-state index is 13.8. The van der Waals surface area contributed by atoms with E-state index in [1.165, 1.54) is 18.2 Å². The summed E-state index contributed by atoms with van der Waals surface area (Å²) in [6.45, 7) is 2.36. The second-order valence-electron chi connectivity index (χ2n) is 6.05. The summed E-state index contributed by atoms with van der Waals surface area (Å²) in [6.07, 6.45) is 2.69. The number of aromatic nitrogens is 1. The number of halogens is 1. The SMILES string of the molecule is CCOc1cc(/C=N/Nc2ccc([N+](=O)[O-])cn2)ccc1OCc1ccccc1F. The topological polar surface area (TPSA) is 98.9 Å². The van der Waals surface area contributed by atoms with E-state index in [0.717, 1.165) is 11.8 Å². The zero-order valence-corrected chi connectivity index (χ0v) is 16.1. The second-order valence-corrected chi connectivity index (χ2v) is 6.05. The maximum Gasteiger partial charge on any atom is 0.287 e. The summed E-state index contributed by atoms with van der Waals surface area (Å²) in [5, 5.41) is 14.7. The minimum atomic E-state index is -0.523. The number of nitrogens with zero attached hydrogens (tertiary/aromatic N) is 3. The number of anilines is 1. The molecule has 0 aliphatic rings. The van der Waals surface area contributed by atoms with Gasteiger partial charge < -0.3 is 9.47 Å². The first kappa shape index (κ1) is 20.7. The van der Waals surface area contributed by atoms with Crippen molar-refractivity contribution >= 4 is 17.7 Å². The minimum absolute atomic E-state index is 0.0769. The molecule has 1 heterocycles. The molecule has 1 N–H and O–H groups in total. The first-order chi connectivity index (χ1) is 14.6. The van der Waals surface area contributed by atoms with E-state index in [1.807, 2.05) is 6.92 Å². The van der Waals surface area contributed by atoms with Crippen molar-refractivity contribution in [1.82, 2.24) is 4.98 Å². The molecule has 0 atom stereocenters. The van der Waals surface area contributed by atoms with Gasteiger partial charge in [-0.1, -0.05) is 18.2 Å². The summed E-state index contributed by atoms with van der Waals surface area (Å²) in [5.74, 6) is 1.03. The number of rotatable bonds is 9. The van der Waals surface area contributed by atoms with Crippen LogP contribution < -0.4 is 14.9 Å². The molecule has 154 valence electrons. The molecule has 2 aromatic carbocycles. The van der Waals surface area contributed by atoms with E-state index in [0.29, 0.717) is 29.5 Å². The van der Waals surface area contributed by atoms with E-state index in [-0.39, 0.29) is 18.1 Å². The van der Waals surface area contributed by atoms with Crippen LogP contribution in [-0.4, -0.2) is 22.7 Å². The van der Waals surface area contributed by atoms with Gasteiger partial charge in [0.05, 0.1) is 17.7 Å². The fraction of sp³-hybridized carbons (Fsp3) is 0.143. The molecular weight excluding hydrogens is 391 g/mol. The highest BCUT2D eigenvalue weighted by atomic mass is 19.1. The molecule has 0 radical (unpaired) electrons. The number of benzene rings is 2. The standard InChI is InChI=1S/C21H19FN4O4/c1-2-29-20-11-15(12-24-25-21-10-8-17(13-23-21)26(27)28)7-9-19(20)30-14-16-5-3-4-6-18(16)22/h3-13H,2,14H2,1H3,(H,23,25)/b24-12+. The molecule has 0 saturated heterocycles. The van der Waals surface area contributed by atoms with Crippen LogP contribution in [0.25, 0.3) is 0 Å². The van der Waals surface area contributed by atoms with E-state index >= 15 is 0 Å². The summed E-state index contributed by atoms with van der Waals surface area (Å²) < 4.78 is 25.1. The molecule has 0 spiro atoms. The summed E-state index contributed by atoms with van der Waals surface area (Å²) in [7, 11) is 0. The van der Waals surface area contributed by atoms with Gasteiger partial charge in [-0.15, -0.1) is 0 Å². The third-order valence-electron chi connectivity index (χ3n) is 3.96. The first-order valence-electron chi connectivity index (χ1n) is 9.09. The Morgan fingerprint density at radius 1 is 1.17 bits per heavy atom. The van der Waals surface area contributed by atoms with Gasteiger partial charge in [-0.05, 0) is 42.8 Å². The van der Waals surface area contributed by atoms with Gasteiger partial charge in [-0.25, -0.2) is 9.37 Å². The van der Waals surface area contributed by atoms with Gasteiger partial charge in [-0.2, -0.15) is 5.10 Å². The Morgan fingerprint density at radius 2 is 2.00 bits per heavy atom. The van der Waals surface area contributed by atoms with E-state index < -0.39 is 4.92 Å². The number of nitro groups is 1. The molecule has 0 unspecified atom stereocenters. The Morgan fingerprint density at radius 3 is 2.70 bits per heavy atom. The Hall–Kier alpha value is -4.01. The quantitative estimate of drug-likeness (QED) is 0.316. The Kier molecular flexibility index (Phi) is 6.88. The van der Waals surface area contributed by atoms with Crippen LogP contribution in [0.5, 0.6) is 11.5 Å². The van der Waals surface area contributed by atoms with Gasteiger partial charge in [0.25, 0.3) is 5.69 Å². The monoisotopic (exact) mass is 410 g/mol. The Bertz CT molecular complexity index is 1040. The van der Waals surface area contributed by atoms with Crippen LogP contribution in [-0.2, 0) is 6.61 Å². The molecular formula is C21H19FN4O4. The lowest BCUT2D eigenvalue weighted by Gasteiger charge is -2.13. The van der Waals surface area contributed by atoms with Crippen LogP contribution >= 0.6 is 0 Å². The van der Waals surface area contributed by atoms with E-state index in [4.69, 9.17) is 9.47 Å². The maximum absolute atomic E-state index is 13.8. The Balaban J connectivity index is 1.67. The lowest BCUT2D eigenvalue weighted by molar-refractivity contribution is -0.385. The zero-order chi connectivity index (χ0) is 21.3. The zero-order valence-electron chi connectivity index (χ0n) is 16.1. The summed E-state index contributed by atoms with van der Waals surface area (Å²) >= 11 is 0. The highest BCUT2D eigenvalue weighted by Crippen LogP contribution is 2.29. The fourth-order valence-electron chi connectivity index (χ4n) is 2.50. The molecule has 0 fully saturated rings. The third kappa shape index (κ3) is 5.51. The van der Waals surface area contributed by atoms with Gasteiger partial charge in [0.2, 0.25) is 0 Å². The summed E-state index contributed by atoms with van der Waals surface area (Å²) in [6, 6.07) is 14.4. The highest BCUT2D eigenvalue weighted by Gasteiger charge is 2.08. The van der Waals surface area contributed by atoms with Crippen LogP contribution in [0.4, 0.5) is 15.9 Å². The van der Waals surface area contributed by atoms with Crippen molar-refractivity contribution in [3.05, 3.63) is 87.9 Å². The predicted molar refractivity (Wildman–Crippen MR) is 110 cm³/mol. The van der Waals surface area contributed by atoms with Gasteiger partial charge in [0.15, 0.2) is 11.5 Å². The minimum Gasteiger partial charge on any atom is -0.490 e. The van der Waals surface area contributed by atoms with Crippen molar-refractivity contribution in [2.45, 2.75) is 13.5 Å². The van der Waals surface area contributed by atoms with Crippen molar-refractivity contribution in [3.63, 3.8) is 0 Å². The smallest absolute Gasteiger partial charge is 0.287 e. The van der Waals surface area contributed by atoms with Gasteiger partial charge >= 0.3 is 0 Å². The molecule has 0 aliphatic carbocycles. The van der Waals surface area contributed by atoms with Crippen LogP contribution in [0, 0.1) is 15.9 Å². The Labute approximate surface area is 172 Å². The van der Waals surface area contributed by atoms with E-state index in [2.05, 4.69) is 15.5 Å². The first-order valence-corrected chi connectivity index (χ1v) is 9.09. The largest absolute Gasteiger partial charge is 0.490 e. The molecule has 0 bridgehead atoms. The number of hydrogen-bond donors (Lipinski definition) is 1. The van der Waals surface area contributed by atoms with Crippen molar-refractivity contribution in [2.24, 2.45) is 5.10 Å². The summed E-state index contributed by atoms with van der Waals surface area (Å²) in [4.78, 5) is 14.0. The number of hydrogen-bond acceptors (Lipinski definition) is 7. The number of hydrazone groups is 1. The second kappa shape index (κ2) is 9.97. The molecule has 8 nitrogen and oxygen atoms in total. The van der Waals surface area contributed by atoms with Gasteiger partial charge in [0, 0.05) is 11.6 Å². The molecule has 3 rings (SSSR count). The van der Waals surface area contributed by atoms with Gasteiger partial charge in [0.1, 0.15) is 24.4 Å². The number of pyridine rings is 1. The van der Waals surface area contributed by atoms with Crippen molar-refractivity contribution in [2.75, 3.05) is 12.0 Å². The van der Waals surface area contributed by atoms with Crippen LogP contribution in [0.1, 0.15) is 18.1 Å². The van der Waals surface area contributed by atoms with Crippen LogP contribution in [0.15, 0.2) is 65.9 Å². The molecule has 1 aromatic heterocycles. The van der Waals surface area contributed by atoms with Gasteiger partial charge in [-0.3, -0.25) is 15.5 Å². The van der Waals surface area contributed by atoms with Crippen LogP contribution in [0.3, 0.4) is 0 Å². The molecule has 0 saturated carbocycles. The predicted octanol–water partition coefficient (Wildman–Crippen LogP) is 4.55. The molecule has 30 heavy (non-hydrogen) atoms.